The van der Waals surface area contributed by atoms with Crippen molar-refractivity contribution in [1.29, 1.82) is 0 Å². The van der Waals surface area contributed by atoms with Crippen molar-refractivity contribution in [2.24, 2.45) is 5.92 Å². The SMILES string of the molecule is Fc1cccnc1NCC1CCC(Cl)CC1. The van der Waals surface area contributed by atoms with E-state index in [0.29, 0.717) is 17.1 Å². The van der Waals surface area contributed by atoms with Gasteiger partial charge in [-0.15, -0.1) is 11.6 Å². The van der Waals surface area contributed by atoms with Gasteiger partial charge in [0, 0.05) is 18.1 Å². The third-order valence-electron chi connectivity index (χ3n) is 3.09. The minimum Gasteiger partial charge on any atom is -0.367 e. The van der Waals surface area contributed by atoms with E-state index >= 15 is 0 Å². The standard InChI is InChI=1S/C12H16ClFN2/c13-10-5-3-9(4-6-10)8-16-12-11(14)2-1-7-15-12/h1-2,7,9-10H,3-6,8H2,(H,15,16). The van der Waals surface area contributed by atoms with Gasteiger partial charge in [0.05, 0.1) is 0 Å². The van der Waals surface area contributed by atoms with Crippen molar-refractivity contribution in [3.05, 3.63) is 24.1 Å². The highest BCUT2D eigenvalue weighted by molar-refractivity contribution is 6.20. The quantitative estimate of drug-likeness (QED) is 0.822. The van der Waals surface area contributed by atoms with Gasteiger partial charge in [0.1, 0.15) is 0 Å². The van der Waals surface area contributed by atoms with Gasteiger partial charge in [0.25, 0.3) is 0 Å². The molecule has 1 saturated carbocycles. The first-order valence-corrected chi connectivity index (χ1v) is 6.18. The average Bonchev–Trinajstić information content (AvgIpc) is 2.30. The molecule has 2 nitrogen and oxygen atoms in total. The molecule has 1 fully saturated rings. The number of rotatable bonds is 3. The first kappa shape index (κ1) is 11.6. The molecule has 1 aliphatic rings. The van der Waals surface area contributed by atoms with Crippen LogP contribution in [0.3, 0.4) is 0 Å². The number of halogens is 2. The second-order valence-electron chi connectivity index (χ2n) is 4.33. The Labute approximate surface area is 100 Å². The molecule has 0 atom stereocenters. The zero-order chi connectivity index (χ0) is 11.4. The van der Waals surface area contributed by atoms with Gasteiger partial charge in [0.15, 0.2) is 11.6 Å². The molecular formula is C12H16ClFN2. The molecule has 4 heteroatoms. The van der Waals surface area contributed by atoms with Crippen LogP contribution < -0.4 is 5.32 Å². The van der Waals surface area contributed by atoms with Crippen LogP contribution in [0.4, 0.5) is 10.2 Å². The lowest BCUT2D eigenvalue weighted by atomic mass is 9.89. The number of aromatic nitrogens is 1. The minimum absolute atomic E-state index is 0.284. The zero-order valence-electron chi connectivity index (χ0n) is 9.13. The van der Waals surface area contributed by atoms with Crippen LogP contribution in [-0.4, -0.2) is 16.9 Å². The van der Waals surface area contributed by atoms with Crippen LogP contribution in [0.5, 0.6) is 0 Å². The van der Waals surface area contributed by atoms with Crippen LogP contribution in [-0.2, 0) is 0 Å². The van der Waals surface area contributed by atoms with Crippen LogP contribution in [0.15, 0.2) is 18.3 Å². The maximum absolute atomic E-state index is 13.3. The lowest BCUT2D eigenvalue weighted by Crippen LogP contribution is -2.22. The molecule has 0 unspecified atom stereocenters. The topological polar surface area (TPSA) is 24.9 Å². The van der Waals surface area contributed by atoms with E-state index in [9.17, 15) is 4.39 Å². The fourth-order valence-electron chi connectivity index (χ4n) is 2.08. The monoisotopic (exact) mass is 242 g/mol. The highest BCUT2D eigenvalue weighted by atomic mass is 35.5. The summed E-state index contributed by atoms with van der Waals surface area (Å²) >= 11 is 6.03. The predicted molar refractivity (Wildman–Crippen MR) is 64.3 cm³/mol. The zero-order valence-corrected chi connectivity index (χ0v) is 9.88. The number of nitrogens with one attached hydrogen (secondary N) is 1. The van der Waals surface area contributed by atoms with E-state index in [4.69, 9.17) is 11.6 Å². The van der Waals surface area contributed by atoms with E-state index in [0.717, 1.165) is 32.2 Å². The molecule has 1 aliphatic carbocycles. The molecule has 0 radical (unpaired) electrons. The van der Waals surface area contributed by atoms with Gasteiger partial charge in [-0.3, -0.25) is 0 Å². The second kappa shape index (κ2) is 5.48. The fourth-order valence-corrected chi connectivity index (χ4v) is 2.33. The van der Waals surface area contributed by atoms with Gasteiger partial charge in [0.2, 0.25) is 0 Å². The first-order valence-electron chi connectivity index (χ1n) is 5.74. The Hall–Kier alpha value is -0.830. The first-order chi connectivity index (χ1) is 7.75. The molecule has 1 N–H and O–H groups in total. The summed E-state index contributed by atoms with van der Waals surface area (Å²) < 4.78 is 13.3. The summed E-state index contributed by atoms with van der Waals surface area (Å²) in [5.41, 5.74) is 0. The van der Waals surface area contributed by atoms with Gasteiger partial charge >= 0.3 is 0 Å². The minimum atomic E-state index is -0.284. The Balaban J connectivity index is 1.81. The number of nitrogens with zero attached hydrogens (tertiary/aromatic N) is 1. The Morgan fingerprint density at radius 2 is 2.12 bits per heavy atom. The molecule has 1 aromatic heterocycles. The number of hydrogen-bond donors (Lipinski definition) is 1. The van der Waals surface area contributed by atoms with Gasteiger partial charge in [-0.2, -0.15) is 0 Å². The summed E-state index contributed by atoms with van der Waals surface area (Å²) in [5, 5.41) is 3.40. The van der Waals surface area contributed by atoms with E-state index in [1.54, 1.807) is 12.3 Å². The summed E-state index contributed by atoms with van der Waals surface area (Å²) in [7, 11) is 0. The number of alkyl halides is 1. The molecule has 1 aromatic rings. The molecule has 0 aliphatic heterocycles. The molecule has 0 saturated heterocycles. The highest BCUT2D eigenvalue weighted by Crippen LogP contribution is 2.27. The summed E-state index contributed by atoms with van der Waals surface area (Å²) in [6.07, 6.45) is 5.98. The van der Waals surface area contributed by atoms with Crippen molar-refractivity contribution >= 4 is 17.4 Å². The van der Waals surface area contributed by atoms with Crippen LogP contribution in [0.1, 0.15) is 25.7 Å². The Morgan fingerprint density at radius 3 is 2.81 bits per heavy atom. The van der Waals surface area contributed by atoms with Gasteiger partial charge < -0.3 is 5.32 Å². The normalized spacial score (nSPS) is 25.4. The molecule has 0 spiro atoms. The van der Waals surface area contributed by atoms with E-state index in [2.05, 4.69) is 10.3 Å². The fraction of sp³-hybridized carbons (Fsp3) is 0.583. The van der Waals surface area contributed by atoms with Gasteiger partial charge in [-0.1, -0.05) is 0 Å². The lowest BCUT2D eigenvalue weighted by molar-refractivity contribution is 0.377. The third kappa shape index (κ3) is 3.08. The molecule has 0 aromatic carbocycles. The smallest absolute Gasteiger partial charge is 0.165 e. The number of hydrogen-bond acceptors (Lipinski definition) is 2. The van der Waals surface area contributed by atoms with Crippen molar-refractivity contribution in [3.63, 3.8) is 0 Å². The lowest BCUT2D eigenvalue weighted by Gasteiger charge is -2.25. The Bertz CT molecular complexity index is 338. The Kier molecular flexibility index (Phi) is 3.99. The van der Waals surface area contributed by atoms with Gasteiger partial charge in [-0.25, -0.2) is 9.37 Å². The molecule has 88 valence electrons. The van der Waals surface area contributed by atoms with E-state index in [-0.39, 0.29) is 5.82 Å². The summed E-state index contributed by atoms with van der Waals surface area (Å²) in [5.74, 6) is 0.667. The second-order valence-corrected chi connectivity index (χ2v) is 4.95. The summed E-state index contributed by atoms with van der Waals surface area (Å²) in [4.78, 5) is 3.97. The molecule has 1 heterocycles. The largest absolute Gasteiger partial charge is 0.367 e. The van der Waals surface area contributed by atoms with Crippen LogP contribution in [0.2, 0.25) is 0 Å². The van der Waals surface area contributed by atoms with Crippen LogP contribution in [0.25, 0.3) is 0 Å². The van der Waals surface area contributed by atoms with Crippen molar-refractivity contribution in [2.45, 2.75) is 31.1 Å². The van der Waals surface area contributed by atoms with Crippen LogP contribution >= 0.6 is 11.6 Å². The van der Waals surface area contributed by atoms with Crippen molar-refractivity contribution in [2.75, 3.05) is 11.9 Å². The van der Waals surface area contributed by atoms with Crippen molar-refractivity contribution < 1.29 is 4.39 Å². The van der Waals surface area contributed by atoms with E-state index < -0.39 is 0 Å². The summed E-state index contributed by atoms with van der Waals surface area (Å²) in [6, 6.07) is 3.02. The van der Waals surface area contributed by atoms with Crippen molar-refractivity contribution in [3.8, 4) is 0 Å². The third-order valence-corrected chi connectivity index (χ3v) is 3.53. The van der Waals surface area contributed by atoms with E-state index in [1.165, 1.54) is 6.07 Å². The van der Waals surface area contributed by atoms with Crippen molar-refractivity contribution in [1.82, 2.24) is 4.98 Å². The average molecular weight is 243 g/mol. The molecule has 0 amide bonds. The maximum Gasteiger partial charge on any atom is 0.165 e. The summed E-state index contributed by atoms with van der Waals surface area (Å²) in [6.45, 7) is 0.789. The molecule has 0 bridgehead atoms. The van der Waals surface area contributed by atoms with Crippen LogP contribution in [0, 0.1) is 11.7 Å². The number of pyridine rings is 1. The molecular weight excluding hydrogens is 227 g/mol. The maximum atomic E-state index is 13.3. The predicted octanol–water partition coefficient (Wildman–Crippen LogP) is 3.43. The van der Waals surface area contributed by atoms with E-state index in [1.807, 2.05) is 0 Å². The number of anilines is 1. The molecule has 2 rings (SSSR count). The Morgan fingerprint density at radius 1 is 1.38 bits per heavy atom. The molecule has 16 heavy (non-hydrogen) atoms. The highest BCUT2D eigenvalue weighted by Gasteiger charge is 2.19. The van der Waals surface area contributed by atoms with Gasteiger partial charge in [-0.05, 0) is 43.7 Å².